The maximum atomic E-state index is 10.8. The standard InChI is InChI=1S/C14H12Br2N2O3/c1-8(17)9-3-2-4-11(5-9)21-14-12(15)6-10(18(19)20)7-13(14)16/h2-8H,17H2,1H3. The minimum Gasteiger partial charge on any atom is -0.455 e. The average Bonchev–Trinajstić information content (AvgIpc) is 2.42. The molecule has 0 heterocycles. The molecule has 110 valence electrons. The van der Waals surface area contributed by atoms with Crippen molar-refractivity contribution >= 4 is 37.5 Å². The molecule has 0 saturated heterocycles. The third-order valence-electron chi connectivity index (χ3n) is 2.80. The molecule has 2 aromatic rings. The number of non-ortho nitro benzene ring substituents is 1. The summed E-state index contributed by atoms with van der Waals surface area (Å²) in [7, 11) is 0. The Labute approximate surface area is 138 Å². The second-order valence-electron chi connectivity index (χ2n) is 4.46. The fourth-order valence-electron chi connectivity index (χ4n) is 1.73. The lowest BCUT2D eigenvalue weighted by atomic mass is 10.1. The first kappa shape index (κ1) is 15.9. The van der Waals surface area contributed by atoms with Crippen LogP contribution in [0.5, 0.6) is 11.5 Å². The molecule has 1 atom stereocenters. The van der Waals surface area contributed by atoms with Gasteiger partial charge in [0.25, 0.3) is 5.69 Å². The molecule has 0 saturated carbocycles. The van der Waals surface area contributed by atoms with Gasteiger partial charge in [0.2, 0.25) is 0 Å². The third kappa shape index (κ3) is 3.81. The zero-order valence-electron chi connectivity index (χ0n) is 11.0. The van der Waals surface area contributed by atoms with Crippen molar-refractivity contribution in [1.82, 2.24) is 0 Å². The smallest absolute Gasteiger partial charge is 0.271 e. The Balaban J connectivity index is 2.36. The number of ether oxygens (including phenoxy) is 1. The second kappa shape index (κ2) is 6.55. The molecule has 0 fully saturated rings. The molecule has 0 aromatic heterocycles. The average molecular weight is 416 g/mol. The highest BCUT2D eigenvalue weighted by Gasteiger charge is 2.16. The molecular weight excluding hydrogens is 404 g/mol. The molecule has 0 aliphatic rings. The molecule has 0 bridgehead atoms. The first-order chi connectivity index (χ1) is 9.88. The maximum absolute atomic E-state index is 10.8. The van der Waals surface area contributed by atoms with Crippen molar-refractivity contribution in [3.63, 3.8) is 0 Å². The van der Waals surface area contributed by atoms with Gasteiger partial charge in [-0.25, -0.2) is 0 Å². The highest BCUT2D eigenvalue weighted by molar-refractivity contribution is 9.11. The number of halogens is 2. The van der Waals surface area contributed by atoms with Gasteiger partial charge in [0, 0.05) is 18.2 Å². The second-order valence-corrected chi connectivity index (χ2v) is 6.17. The highest BCUT2D eigenvalue weighted by Crippen LogP contribution is 2.40. The Morgan fingerprint density at radius 3 is 2.38 bits per heavy atom. The summed E-state index contributed by atoms with van der Waals surface area (Å²) in [5.74, 6) is 1.09. The van der Waals surface area contributed by atoms with Crippen molar-refractivity contribution in [2.75, 3.05) is 0 Å². The van der Waals surface area contributed by atoms with E-state index in [1.165, 1.54) is 12.1 Å². The molecule has 0 amide bonds. The molecule has 2 aromatic carbocycles. The van der Waals surface area contributed by atoms with E-state index in [9.17, 15) is 10.1 Å². The molecule has 2 rings (SSSR count). The highest BCUT2D eigenvalue weighted by atomic mass is 79.9. The van der Waals surface area contributed by atoms with Crippen molar-refractivity contribution in [2.45, 2.75) is 13.0 Å². The van der Waals surface area contributed by atoms with Gasteiger partial charge in [-0.15, -0.1) is 0 Å². The minimum absolute atomic E-state index is 0.0227. The monoisotopic (exact) mass is 414 g/mol. The van der Waals surface area contributed by atoms with Crippen LogP contribution in [0, 0.1) is 10.1 Å². The van der Waals surface area contributed by atoms with Gasteiger partial charge in [0.05, 0.1) is 13.9 Å². The fourth-order valence-corrected chi connectivity index (χ4v) is 3.05. The van der Waals surface area contributed by atoms with Crippen LogP contribution in [0.15, 0.2) is 45.3 Å². The van der Waals surface area contributed by atoms with Crippen LogP contribution >= 0.6 is 31.9 Å². The van der Waals surface area contributed by atoms with Gasteiger partial charge >= 0.3 is 0 Å². The number of nitrogens with two attached hydrogens (primary N) is 1. The van der Waals surface area contributed by atoms with Crippen LogP contribution < -0.4 is 10.5 Å². The third-order valence-corrected chi connectivity index (χ3v) is 3.98. The van der Waals surface area contributed by atoms with E-state index in [1.807, 2.05) is 25.1 Å². The van der Waals surface area contributed by atoms with Gasteiger partial charge < -0.3 is 10.5 Å². The SMILES string of the molecule is CC(N)c1cccc(Oc2c(Br)cc([N+](=O)[O-])cc2Br)c1. The molecule has 0 aliphatic heterocycles. The van der Waals surface area contributed by atoms with Gasteiger partial charge in [0.15, 0.2) is 5.75 Å². The van der Waals surface area contributed by atoms with Crippen LogP contribution in [-0.2, 0) is 0 Å². The predicted molar refractivity (Wildman–Crippen MR) is 87.6 cm³/mol. The largest absolute Gasteiger partial charge is 0.455 e. The summed E-state index contributed by atoms with van der Waals surface area (Å²) >= 11 is 6.57. The maximum Gasteiger partial charge on any atom is 0.271 e. The lowest BCUT2D eigenvalue weighted by Gasteiger charge is -2.12. The van der Waals surface area contributed by atoms with Crippen LogP contribution in [0.3, 0.4) is 0 Å². The fraction of sp³-hybridized carbons (Fsp3) is 0.143. The van der Waals surface area contributed by atoms with Gasteiger partial charge in [-0.05, 0) is 56.5 Å². The van der Waals surface area contributed by atoms with Crippen LogP contribution in [0.25, 0.3) is 0 Å². The van der Waals surface area contributed by atoms with Crippen molar-refractivity contribution in [2.24, 2.45) is 5.73 Å². The summed E-state index contributed by atoms with van der Waals surface area (Å²) in [5.41, 5.74) is 6.76. The minimum atomic E-state index is -0.462. The summed E-state index contributed by atoms with van der Waals surface area (Å²) < 4.78 is 6.78. The first-order valence-electron chi connectivity index (χ1n) is 6.05. The van der Waals surface area contributed by atoms with Crippen molar-refractivity contribution in [3.8, 4) is 11.5 Å². The normalized spacial score (nSPS) is 12.0. The van der Waals surface area contributed by atoms with Crippen molar-refractivity contribution in [1.29, 1.82) is 0 Å². The van der Waals surface area contributed by atoms with Gasteiger partial charge in [-0.3, -0.25) is 10.1 Å². The lowest BCUT2D eigenvalue weighted by molar-refractivity contribution is -0.385. The molecule has 1 unspecified atom stereocenters. The molecule has 0 radical (unpaired) electrons. The number of hydrogen-bond donors (Lipinski definition) is 1. The van der Waals surface area contributed by atoms with Crippen LogP contribution in [0.1, 0.15) is 18.5 Å². The van der Waals surface area contributed by atoms with E-state index in [0.717, 1.165) is 5.56 Å². The molecule has 2 N–H and O–H groups in total. The summed E-state index contributed by atoms with van der Waals surface area (Å²) in [5, 5.41) is 10.8. The summed E-state index contributed by atoms with van der Waals surface area (Å²) in [6.45, 7) is 1.89. The van der Waals surface area contributed by atoms with Gasteiger partial charge in [0.1, 0.15) is 5.75 Å². The van der Waals surface area contributed by atoms with E-state index in [1.54, 1.807) is 6.07 Å². The summed E-state index contributed by atoms with van der Waals surface area (Å²) in [4.78, 5) is 10.3. The van der Waals surface area contributed by atoms with Crippen LogP contribution in [-0.4, -0.2) is 4.92 Å². The van der Waals surface area contributed by atoms with E-state index < -0.39 is 4.92 Å². The van der Waals surface area contributed by atoms with E-state index in [0.29, 0.717) is 20.4 Å². The van der Waals surface area contributed by atoms with Crippen LogP contribution in [0.2, 0.25) is 0 Å². The molecule has 0 spiro atoms. The van der Waals surface area contributed by atoms with E-state index >= 15 is 0 Å². The molecule has 7 heteroatoms. The number of rotatable bonds is 4. The number of hydrogen-bond acceptors (Lipinski definition) is 4. The number of benzene rings is 2. The molecule has 21 heavy (non-hydrogen) atoms. The number of nitro groups is 1. The molecular formula is C14H12Br2N2O3. The van der Waals surface area contributed by atoms with E-state index in [-0.39, 0.29) is 11.7 Å². The Kier molecular flexibility index (Phi) is 4.97. The van der Waals surface area contributed by atoms with Crippen molar-refractivity contribution in [3.05, 3.63) is 61.0 Å². The zero-order valence-corrected chi connectivity index (χ0v) is 14.2. The van der Waals surface area contributed by atoms with Crippen LogP contribution in [0.4, 0.5) is 5.69 Å². The van der Waals surface area contributed by atoms with E-state index in [4.69, 9.17) is 10.5 Å². The molecule has 0 aliphatic carbocycles. The van der Waals surface area contributed by atoms with Gasteiger partial charge in [-0.1, -0.05) is 12.1 Å². The number of nitrogens with zero attached hydrogens (tertiary/aromatic N) is 1. The summed E-state index contributed by atoms with van der Waals surface area (Å²) in [6, 6.07) is 10.1. The summed E-state index contributed by atoms with van der Waals surface area (Å²) in [6.07, 6.45) is 0. The Morgan fingerprint density at radius 2 is 1.86 bits per heavy atom. The Hall–Kier alpha value is -1.44. The molecule has 5 nitrogen and oxygen atoms in total. The Bertz CT molecular complexity index is 667. The zero-order chi connectivity index (χ0) is 15.6. The Morgan fingerprint density at radius 1 is 1.24 bits per heavy atom. The first-order valence-corrected chi connectivity index (χ1v) is 7.64. The quantitative estimate of drug-likeness (QED) is 0.567. The van der Waals surface area contributed by atoms with Gasteiger partial charge in [-0.2, -0.15) is 0 Å². The predicted octanol–water partition coefficient (Wildman–Crippen LogP) is 4.93. The topological polar surface area (TPSA) is 78.4 Å². The lowest BCUT2D eigenvalue weighted by Crippen LogP contribution is -2.04. The number of nitro benzene ring substituents is 1. The van der Waals surface area contributed by atoms with Crippen molar-refractivity contribution < 1.29 is 9.66 Å². The van der Waals surface area contributed by atoms with E-state index in [2.05, 4.69) is 31.9 Å².